The van der Waals surface area contributed by atoms with Gasteiger partial charge in [0.2, 0.25) is 0 Å². The van der Waals surface area contributed by atoms with Gasteiger partial charge in [0, 0.05) is 153 Å². The van der Waals surface area contributed by atoms with Crippen LogP contribution in [0.3, 0.4) is 0 Å². The summed E-state index contributed by atoms with van der Waals surface area (Å²) in [4.78, 5) is 124. The highest BCUT2D eigenvalue weighted by Crippen LogP contribution is 2.32. The van der Waals surface area contributed by atoms with E-state index in [1.54, 1.807) is 142 Å². The third-order valence-electron chi connectivity index (χ3n) is 20.6. The molecule has 0 spiro atoms. The first kappa shape index (κ1) is 85.2. The average molecular weight is 1640 g/mol. The average Bonchev–Trinajstić information content (AvgIpc) is 1.71. The minimum Gasteiger partial charge on any atom is -0.443 e. The summed E-state index contributed by atoms with van der Waals surface area (Å²) >= 11 is 6.09. The van der Waals surface area contributed by atoms with Gasteiger partial charge in [-0.1, -0.05) is 11.6 Å². The van der Waals surface area contributed by atoms with Crippen LogP contribution in [0.4, 0.5) is 68.9 Å². The van der Waals surface area contributed by atoms with E-state index in [0.29, 0.717) is 76.7 Å². The van der Waals surface area contributed by atoms with E-state index in [-0.39, 0.29) is 119 Å². The number of nitrogens with one attached hydrogen (secondary N) is 6. The van der Waals surface area contributed by atoms with Crippen molar-refractivity contribution in [1.29, 1.82) is 0 Å². The number of pyridine rings is 3. The van der Waals surface area contributed by atoms with E-state index in [9.17, 15) is 51.5 Å². The molecule has 5 amide bonds. The van der Waals surface area contributed by atoms with Crippen molar-refractivity contribution in [2.45, 2.75) is 166 Å². The molecular weight excluding hydrogens is 1540 g/mol. The van der Waals surface area contributed by atoms with Crippen molar-refractivity contribution in [3.05, 3.63) is 145 Å². The lowest BCUT2D eigenvalue weighted by Gasteiger charge is -2.32. The summed E-state index contributed by atoms with van der Waals surface area (Å²) in [7, 11) is 4.85. The highest BCUT2D eigenvalue weighted by Gasteiger charge is 2.33. The number of halogens is 4. The Labute approximate surface area is 678 Å². The van der Waals surface area contributed by atoms with E-state index < -0.39 is 23.4 Å². The van der Waals surface area contributed by atoms with Gasteiger partial charge >= 0.3 is 12.2 Å². The van der Waals surface area contributed by atoms with Crippen LogP contribution in [0.5, 0.6) is 0 Å². The Morgan fingerprint density at radius 3 is 1.21 bits per heavy atom. The normalized spacial score (nSPS) is 16.5. The molecule has 9 aromatic heterocycles. The maximum atomic E-state index is 13.5. The molecule has 3 saturated carbocycles. The first-order valence-corrected chi connectivity index (χ1v) is 40.0. The lowest BCUT2D eigenvalue weighted by molar-refractivity contribution is 0.0577. The predicted molar refractivity (Wildman–Crippen MR) is 439 cm³/mol. The summed E-state index contributed by atoms with van der Waals surface area (Å²) < 4.78 is 58.0. The quantitative estimate of drug-likeness (QED) is 0.0310. The van der Waals surface area contributed by atoms with Crippen LogP contribution in [0.2, 0.25) is 5.15 Å². The maximum absolute atomic E-state index is 13.5. The Bertz CT molecular complexity index is 5210. The molecule has 6 fully saturated rings. The van der Waals surface area contributed by atoms with Gasteiger partial charge in [-0.15, -0.1) is 0 Å². The van der Waals surface area contributed by atoms with Gasteiger partial charge in [-0.2, -0.15) is 28.8 Å². The molecule has 6 aliphatic rings. The Balaban J connectivity index is 0.000000150. The molecule has 3 aliphatic heterocycles. The van der Waals surface area contributed by atoms with Gasteiger partial charge in [0.05, 0.1) is 24.3 Å². The summed E-state index contributed by atoms with van der Waals surface area (Å²) in [6, 6.07) is 16.1. The molecule has 34 nitrogen and oxygen atoms in total. The van der Waals surface area contributed by atoms with Crippen molar-refractivity contribution in [3.8, 4) is 0 Å². The topological polar surface area (TPSA) is 375 Å². The second-order valence-electron chi connectivity index (χ2n) is 31.9. The molecule has 38 heteroatoms. The largest absolute Gasteiger partial charge is 0.443 e. The lowest BCUT2D eigenvalue weighted by Crippen LogP contribution is -2.38. The van der Waals surface area contributed by atoms with Crippen LogP contribution in [-0.4, -0.2) is 232 Å². The van der Waals surface area contributed by atoms with Crippen LogP contribution < -0.4 is 64.1 Å². The molecule has 0 radical (unpaired) electrons. The van der Waals surface area contributed by atoms with Crippen LogP contribution in [-0.2, 0) is 9.47 Å². The highest BCUT2D eigenvalue weighted by molar-refractivity contribution is 6.30. The second kappa shape index (κ2) is 37.4. The van der Waals surface area contributed by atoms with Crippen molar-refractivity contribution in [2.75, 3.05) is 132 Å². The van der Waals surface area contributed by atoms with Crippen LogP contribution in [0.25, 0.3) is 16.9 Å². The fraction of sp³-hybridized carbons (Fsp3) is 0.519. The first-order chi connectivity index (χ1) is 56.0. The Hall–Kier alpha value is -11.2. The van der Waals surface area contributed by atoms with Crippen LogP contribution in [0.1, 0.15) is 168 Å². The molecule has 0 unspecified atom stereocenters. The third-order valence-corrected chi connectivity index (χ3v) is 20.8. The SMILES string of the molecule is CN(C(=O)OC(C)(C)C)c1cc(Cl)nc2c(C(=O)NC3CC3)cnn12.CN(C(=O)OC(C)(C)C)c1cc(Nc2cccn(C3CCN(CCF)CC3)c2=O)nc2c(C(=O)NC3CC3)cnn12.CNc1cc(Nc2cccn(C3CCN(CCF)CC3)c2=O)nc2c(C(=O)NC3CC3)cnn12.Nc1cccn(C2CCN(CCF)CC2)c1=O. The van der Waals surface area contributed by atoms with Crippen molar-refractivity contribution < 1.29 is 46.6 Å². The van der Waals surface area contributed by atoms with Crippen LogP contribution in [0, 0.1) is 0 Å². The van der Waals surface area contributed by atoms with E-state index in [4.69, 9.17) is 26.8 Å². The van der Waals surface area contributed by atoms with Crippen LogP contribution >= 0.6 is 11.6 Å². The monoisotopic (exact) mass is 1640 g/mol. The first-order valence-electron chi connectivity index (χ1n) is 39.6. The Kier molecular flexibility index (Phi) is 27.2. The fourth-order valence-corrected chi connectivity index (χ4v) is 14.1. The zero-order valence-electron chi connectivity index (χ0n) is 67.4. The minimum atomic E-state index is -0.727. The van der Waals surface area contributed by atoms with Gasteiger partial charge in [0.25, 0.3) is 34.4 Å². The Morgan fingerprint density at radius 2 is 0.838 bits per heavy atom. The number of anilines is 8. The number of amides is 5. The number of alkyl halides is 3. The molecular formula is C79H104ClF3N24O10. The van der Waals surface area contributed by atoms with Crippen molar-refractivity contribution in [2.24, 2.45) is 0 Å². The number of carbonyl (C=O) groups is 5. The zero-order valence-corrected chi connectivity index (χ0v) is 68.1. The van der Waals surface area contributed by atoms with Gasteiger partial charge in [-0.3, -0.25) is 38.6 Å². The van der Waals surface area contributed by atoms with Gasteiger partial charge in [-0.05, 0) is 155 Å². The predicted octanol–water partition coefficient (Wildman–Crippen LogP) is 9.36. The lowest BCUT2D eigenvalue weighted by atomic mass is 10.0. The van der Waals surface area contributed by atoms with Gasteiger partial charge in [0.15, 0.2) is 16.9 Å². The van der Waals surface area contributed by atoms with Crippen molar-refractivity contribution >= 4 is 105 Å². The van der Waals surface area contributed by atoms with Gasteiger partial charge < -0.3 is 75.5 Å². The number of hydrogen-bond acceptors (Lipinski definition) is 23. The number of piperidine rings is 3. The summed E-state index contributed by atoms with van der Waals surface area (Å²) in [6.07, 6.45) is 19.1. The molecule has 9 aromatic rings. The molecule has 3 aliphatic carbocycles. The summed E-state index contributed by atoms with van der Waals surface area (Å²) in [5.74, 6) is 1.22. The maximum Gasteiger partial charge on any atom is 0.415 e. The number of hydrogen-bond donors (Lipinski definition) is 7. The van der Waals surface area contributed by atoms with E-state index >= 15 is 0 Å². The fourth-order valence-electron chi connectivity index (χ4n) is 13.9. The Morgan fingerprint density at radius 1 is 0.496 bits per heavy atom. The standard InChI is InChI=1S/C28H37FN8O4.C23H29FN8O2.C16H20ClN5O3.C12H18FN3O/c1-28(2,3)41-27(40)34(4)23-16-22(33-24-20(17-30-37(23)24)25(38)31-18-7-8-18)32-21-6-5-12-36(26(21)39)19-9-13-35(14-10-19)15-11-29;1-25-20-13-19(29-21-17(14-26-32(20)21)22(33)27-15-4-5-15)28-18-3-2-9-31(23(18)34)16-6-10-30(11-7-16)12-8-24;1-16(2,3)25-15(24)21(4)12-7-11(17)20-13-10(8-18-22(12)13)14(23)19-9-5-6-9;13-5-9-15-7-3-10(4-8-15)16-6-1-2-11(14)12(16)17/h5-6,12,16-19H,7-11,13-15H2,1-4H3,(H,31,38)(H,32,33);2-3,9,13-16,25H,4-8,10-12H2,1H3,(H,27,33)(H,28,29);7-9H,5-6H2,1-4H3,(H,19,23);1-2,6,10H,3-5,7-9,14H2. The van der Waals surface area contributed by atoms with E-state index in [1.165, 1.54) is 43.5 Å². The molecule has 0 atom stereocenters. The summed E-state index contributed by atoms with van der Waals surface area (Å²) in [5, 5.41) is 31.1. The number of likely N-dealkylation sites (tertiary alicyclic amines) is 3. The molecule has 15 rings (SSSR count). The van der Waals surface area contributed by atoms with E-state index in [1.807, 2.05) is 6.07 Å². The van der Waals surface area contributed by atoms with Crippen molar-refractivity contribution in [1.82, 2.24) is 88.1 Å². The molecule has 8 N–H and O–H groups in total. The summed E-state index contributed by atoms with van der Waals surface area (Å²) in [5.41, 5.74) is 6.63. The molecule has 628 valence electrons. The number of nitrogens with two attached hydrogens (primary N) is 1. The molecule has 0 aromatic carbocycles. The second-order valence-corrected chi connectivity index (χ2v) is 32.3. The summed E-state index contributed by atoms with van der Waals surface area (Å²) in [6.45, 7) is 15.7. The number of fused-ring (bicyclic) bond motifs is 3. The van der Waals surface area contributed by atoms with Gasteiger partial charge in [-0.25, -0.2) is 37.7 Å². The molecule has 0 bridgehead atoms. The number of nitrogens with zero attached hydrogens (tertiary/aromatic N) is 17. The molecule has 3 saturated heterocycles. The minimum absolute atomic E-state index is 0.00281. The highest BCUT2D eigenvalue weighted by atomic mass is 35.5. The van der Waals surface area contributed by atoms with Crippen LogP contribution in [0.15, 0.2) is 106 Å². The number of ether oxygens (including phenoxy) is 2. The van der Waals surface area contributed by atoms with E-state index in [2.05, 4.69) is 76.8 Å². The number of rotatable bonds is 22. The third kappa shape index (κ3) is 21.7. The number of nitrogen functional groups attached to an aromatic ring is 1. The number of aromatic nitrogens is 12. The molecule has 117 heavy (non-hydrogen) atoms. The molecule has 12 heterocycles. The van der Waals surface area contributed by atoms with E-state index in [0.717, 1.165) is 116 Å². The smallest absolute Gasteiger partial charge is 0.415 e. The zero-order chi connectivity index (χ0) is 83.6. The number of carbonyl (C=O) groups excluding carboxylic acids is 5. The van der Waals surface area contributed by atoms with Crippen molar-refractivity contribution in [3.63, 3.8) is 0 Å². The van der Waals surface area contributed by atoms with Gasteiger partial charge in [0.1, 0.15) is 93.5 Å².